The van der Waals surface area contributed by atoms with E-state index >= 15 is 0 Å². The molecule has 0 saturated carbocycles. The first-order chi connectivity index (χ1) is 14.5. The number of thiocarbonyl (C=S) groups is 1. The lowest BCUT2D eigenvalue weighted by Crippen LogP contribution is -2.33. The molecule has 1 amide bonds. The number of anilines is 1. The fraction of sp³-hybridized carbons (Fsp3) is 0.136. The van der Waals surface area contributed by atoms with Gasteiger partial charge >= 0.3 is 0 Å². The Bertz CT molecular complexity index is 1210. The molecular formula is C22H18BrN3O3S. The number of hydrogen-bond acceptors (Lipinski definition) is 5. The van der Waals surface area contributed by atoms with E-state index in [0.717, 1.165) is 28.8 Å². The van der Waals surface area contributed by atoms with Crippen molar-refractivity contribution in [3.05, 3.63) is 82.0 Å². The molecule has 0 spiro atoms. The third-order valence-electron chi connectivity index (χ3n) is 4.50. The summed E-state index contributed by atoms with van der Waals surface area (Å²) in [6.45, 7) is 2.12. The second kappa shape index (κ2) is 8.81. The number of benzene rings is 2. The minimum atomic E-state index is -0.419. The molecule has 0 saturated heterocycles. The molecule has 2 N–H and O–H groups in total. The molecular weight excluding hydrogens is 466 g/mol. The highest BCUT2D eigenvalue weighted by molar-refractivity contribution is 9.10. The van der Waals surface area contributed by atoms with Gasteiger partial charge < -0.3 is 14.2 Å². The number of hydrogen-bond donors (Lipinski definition) is 2. The van der Waals surface area contributed by atoms with E-state index in [2.05, 4.69) is 50.6 Å². The number of fused-ring (bicyclic) bond motifs is 1. The number of nitrogens with zero attached hydrogens (tertiary/aromatic N) is 1. The van der Waals surface area contributed by atoms with Crippen molar-refractivity contribution >= 4 is 56.0 Å². The zero-order valence-electron chi connectivity index (χ0n) is 16.1. The molecule has 0 unspecified atom stereocenters. The van der Waals surface area contributed by atoms with E-state index in [1.54, 1.807) is 12.1 Å². The van der Waals surface area contributed by atoms with Gasteiger partial charge in [-0.25, -0.2) is 4.98 Å². The molecule has 2 heterocycles. The number of carbonyl (C=O) groups excluding carboxylic acids is 1. The number of oxazole rings is 1. The average Bonchev–Trinajstić information content (AvgIpc) is 3.34. The Kier molecular flexibility index (Phi) is 5.96. The van der Waals surface area contributed by atoms with Crippen molar-refractivity contribution in [3.63, 3.8) is 0 Å². The van der Waals surface area contributed by atoms with Gasteiger partial charge in [-0.15, -0.1) is 0 Å². The topological polar surface area (TPSA) is 80.3 Å². The van der Waals surface area contributed by atoms with Gasteiger partial charge in [-0.05, 0) is 82.1 Å². The highest BCUT2D eigenvalue weighted by Gasteiger charge is 2.12. The van der Waals surface area contributed by atoms with Gasteiger partial charge in [0.25, 0.3) is 5.91 Å². The van der Waals surface area contributed by atoms with E-state index in [1.807, 2.05) is 30.3 Å². The zero-order valence-corrected chi connectivity index (χ0v) is 18.5. The van der Waals surface area contributed by atoms with Crippen LogP contribution in [0.15, 0.2) is 68.1 Å². The summed E-state index contributed by atoms with van der Waals surface area (Å²) in [5, 5.41) is 5.75. The van der Waals surface area contributed by atoms with Crippen LogP contribution in [-0.4, -0.2) is 16.0 Å². The molecule has 2 aromatic heterocycles. The molecule has 152 valence electrons. The Morgan fingerprint density at radius 2 is 1.83 bits per heavy atom. The first-order valence-electron chi connectivity index (χ1n) is 9.35. The number of aryl methyl sites for hydroxylation is 1. The number of rotatable bonds is 5. The molecule has 0 aliphatic carbocycles. The number of aromatic nitrogens is 1. The average molecular weight is 484 g/mol. The summed E-state index contributed by atoms with van der Waals surface area (Å²) in [7, 11) is 0. The van der Waals surface area contributed by atoms with Gasteiger partial charge in [-0.1, -0.05) is 25.1 Å². The van der Waals surface area contributed by atoms with E-state index in [4.69, 9.17) is 21.1 Å². The van der Waals surface area contributed by atoms with Gasteiger partial charge in [-0.2, -0.15) is 0 Å². The summed E-state index contributed by atoms with van der Waals surface area (Å²) in [6, 6.07) is 17.0. The van der Waals surface area contributed by atoms with Crippen LogP contribution in [0.1, 0.15) is 34.5 Å². The molecule has 2 aromatic carbocycles. The smallest absolute Gasteiger partial charge is 0.293 e. The Morgan fingerprint density at radius 3 is 2.53 bits per heavy atom. The Labute approximate surface area is 186 Å². The Balaban J connectivity index is 1.36. The Hall–Kier alpha value is -2.97. The van der Waals surface area contributed by atoms with Crippen molar-refractivity contribution in [2.75, 3.05) is 5.32 Å². The first-order valence-corrected chi connectivity index (χ1v) is 10.6. The first kappa shape index (κ1) is 20.3. The maximum atomic E-state index is 12.1. The molecule has 0 aliphatic heterocycles. The van der Waals surface area contributed by atoms with Gasteiger partial charge in [0.05, 0.1) is 0 Å². The predicted octanol–water partition coefficient (Wildman–Crippen LogP) is 5.46. The van der Waals surface area contributed by atoms with E-state index in [1.165, 1.54) is 5.56 Å². The largest absolute Gasteiger partial charge is 0.444 e. The standard InChI is InChI=1S/C22H18BrN3O3S/c1-2-13-5-8-17-16(11-13)25-20(29-17)12-14-3-6-15(7-4-14)24-22(30)26-21(27)18-9-10-19(23)28-18/h3-11H,2,12H2,1H3,(H2,24,26,27,30). The van der Waals surface area contributed by atoms with E-state index in [0.29, 0.717) is 17.0 Å². The molecule has 8 heteroatoms. The monoisotopic (exact) mass is 483 g/mol. The minimum Gasteiger partial charge on any atom is -0.444 e. The summed E-state index contributed by atoms with van der Waals surface area (Å²) in [6.07, 6.45) is 1.55. The lowest BCUT2D eigenvalue weighted by Gasteiger charge is -2.09. The van der Waals surface area contributed by atoms with E-state index in [9.17, 15) is 4.79 Å². The highest BCUT2D eigenvalue weighted by Crippen LogP contribution is 2.20. The number of carbonyl (C=O) groups is 1. The van der Waals surface area contributed by atoms with Crippen LogP contribution in [0.25, 0.3) is 11.1 Å². The summed E-state index contributed by atoms with van der Waals surface area (Å²) >= 11 is 8.35. The van der Waals surface area contributed by atoms with Crippen LogP contribution in [0.5, 0.6) is 0 Å². The van der Waals surface area contributed by atoms with Crippen molar-refractivity contribution in [2.24, 2.45) is 0 Å². The molecule has 0 atom stereocenters. The van der Waals surface area contributed by atoms with Crippen LogP contribution in [0, 0.1) is 0 Å². The zero-order chi connectivity index (χ0) is 21.1. The van der Waals surface area contributed by atoms with E-state index < -0.39 is 5.91 Å². The fourth-order valence-electron chi connectivity index (χ4n) is 2.96. The lowest BCUT2D eigenvalue weighted by molar-refractivity contribution is 0.0949. The van der Waals surface area contributed by atoms with Crippen molar-refractivity contribution in [2.45, 2.75) is 19.8 Å². The lowest BCUT2D eigenvalue weighted by atomic mass is 10.1. The molecule has 0 bridgehead atoms. The molecule has 6 nitrogen and oxygen atoms in total. The third kappa shape index (κ3) is 4.77. The summed E-state index contributed by atoms with van der Waals surface area (Å²) in [4.78, 5) is 16.6. The van der Waals surface area contributed by atoms with Gasteiger partial charge in [0.15, 0.2) is 27.0 Å². The minimum absolute atomic E-state index is 0.172. The molecule has 30 heavy (non-hydrogen) atoms. The van der Waals surface area contributed by atoms with Gasteiger partial charge in [0.2, 0.25) is 0 Å². The number of furan rings is 1. The fourth-order valence-corrected chi connectivity index (χ4v) is 3.48. The second-order valence-electron chi connectivity index (χ2n) is 6.65. The van der Waals surface area contributed by atoms with Gasteiger partial charge in [0, 0.05) is 12.1 Å². The summed E-state index contributed by atoms with van der Waals surface area (Å²) in [5.41, 5.74) is 4.73. The molecule has 0 fully saturated rings. The van der Waals surface area contributed by atoms with Crippen LogP contribution in [0.3, 0.4) is 0 Å². The Morgan fingerprint density at radius 1 is 1.07 bits per heavy atom. The summed E-state index contributed by atoms with van der Waals surface area (Å²) in [5.74, 6) is 0.425. The number of halogens is 1. The van der Waals surface area contributed by atoms with Crippen LogP contribution in [0.2, 0.25) is 0 Å². The van der Waals surface area contributed by atoms with Crippen LogP contribution < -0.4 is 10.6 Å². The van der Waals surface area contributed by atoms with Gasteiger partial charge in [0.1, 0.15) is 5.52 Å². The summed E-state index contributed by atoms with van der Waals surface area (Å²) < 4.78 is 11.5. The maximum Gasteiger partial charge on any atom is 0.293 e. The van der Waals surface area contributed by atoms with Crippen molar-refractivity contribution in [3.8, 4) is 0 Å². The van der Waals surface area contributed by atoms with Gasteiger partial charge in [-0.3, -0.25) is 10.1 Å². The van der Waals surface area contributed by atoms with Crippen LogP contribution in [-0.2, 0) is 12.8 Å². The number of nitrogens with one attached hydrogen (secondary N) is 2. The molecule has 0 radical (unpaired) electrons. The normalized spacial score (nSPS) is 10.9. The van der Waals surface area contributed by atoms with Crippen molar-refractivity contribution < 1.29 is 13.6 Å². The molecule has 4 aromatic rings. The highest BCUT2D eigenvalue weighted by atomic mass is 79.9. The van der Waals surface area contributed by atoms with Crippen molar-refractivity contribution in [1.82, 2.24) is 10.3 Å². The SMILES string of the molecule is CCc1ccc2oc(Cc3ccc(NC(=S)NC(=O)c4ccc(Br)o4)cc3)nc2c1. The van der Waals surface area contributed by atoms with E-state index in [-0.39, 0.29) is 10.9 Å². The third-order valence-corrected chi connectivity index (χ3v) is 5.13. The number of amides is 1. The van der Waals surface area contributed by atoms with Crippen LogP contribution >= 0.6 is 28.1 Å². The quantitative estimate of drug-likeness (QED) is 0.366. The molecule has 0 aliphatic rings. The molecule has 4 rings (SSSR count). The predicted molar refractivity (Wildman–Crippen MR) is 123 cm³/mol. The second-order valence-corrected chi connectivity index (χ2v) is 7.84. The van der Waals surface area contributed by atoms with Crippen LogP contribution in [0.4, 0.5) is 5.69 Å². The maximum absolute atomic E-state index is 12.1. The van der Waals surface area contributed by atoms with Crippen molar-refractivity contribution in [1.29, 1.82) is 0 Å².